The number of rotatable bonds is 9. The summed E-state index contributed by atoms with van der Waals surface area (Å²) in [6.07, 6.45) is 0. The summed E-state index contributed by atoms with van der Waals surface area (Å²) in [5.41, 5.74) is 0.442. The highest BCUT2D eigenvalue weighted by molar-refractivity contribution is 8.01. The number of hydrogen-bond acceptors (Lipinski definition) is 7. The molecule has 200 valence electrons. The summed E-state index contributed by atoms with van der Waals surface area (Å²) in [4.78, 5) is 75.1. The third-order valence-corrected chi connectivity index (χ3v) is 7.73. The van der Waals surface area contributed by atoms with Gasteiger partial charge in [0.15, 0.2) is 0 Å². The molecule has 0 spiro atoms. The van der Waals surface area contributed by atoms with Crippen molar-refractivity contribution < 1.29 is 39.0 Å². The molecular formula is C23H29N5O8S. The van der Waals surface area contributed by atoms with Gasteiger partial charge in [-0.2, -0.15) is 0 Å². The lowest BCUT2D eigenvalue weighted by atomic mass is 9.95. The number of thioether (sulfide) groups is 1. The second kappa shape index (κ2) is 11.1. The van der Waals surface area contributed by atoms with Gasteiger partial charge in [0, 0.05) is 24.4 Å². The van der Waals surface area contributed by atoms with Crippen molar-refractivity contribution in [1.29, 1.82) is 0 Å². The summed E-state index contributed by atoms with van der Waals surface area (Å²) >= 11 is 1.29. The summed E-state index contributed by atoms with van der Waals surface area (Å²) in [6.45, 7) is 5.06. The zero-order valence-corrected chi connectivity index (χ0v) is 21.3. The zero-order valence-electron chi connectivity index (χ0n) is 20.5. The Balaban J connectivity index is 1.66. The fourth-order valence-electron chi connectivity index (χ4n) is 4.35. The fourth-order valence-corrected chi connectivity index (χ4v) is 5.98. The van der Waals surface area contributed by atoms with Gasteiger partial charge in [-0.1, -0.05) is 30.3 Å². The van der Waals surface area contributed by atoms with Gasteiger partial charge in [0.1, 0.15) is 23.5 Å². The number of nitrogens with one attached hydrogen (secondary N) is 3. The predicted molar refractivity (Wildman–Crippen MR) is 131 cm³/mol. The minimum absolute atomic E-state index is 0.0525. The lowest BCUT2D eigenvalue weighted by molar-refractivity contribution is -0.161. The van der Waals surface area contributed by atoms with Crippen molar-refractivity contribution >= 4 is 47.5 Å². The molecule has 2 saturated heterocycles. The maximum Gasteiger partial charge on any atom is 0.394 e. The molecule has 1 aromatic carbocycles. The van der Waals surface area contributed by atoms with E-state index in [1.54, 1.807) is 51.1 Å². The standard InChI is InChI=1S/C23H29N5O8S/c1-4-27(18(31)21(34)35)11-10-24-22(36)26-13(12-8-6-5-7-9-12)16(29)25-14-17(30)28-15(20(32)33)23(2,3)37-19(14)28/h5-9,13-15,19H,4,10-11H2,1-3H3,(H,25,29)(H,32,33)(H,34,35)(H2,24,26,36)/t13-,14-,15+,19-/m1/s1. The van der Waals surface area contributed by atoms with Crippen LogP contribution in [0.3, 0.4) is 0 Å². The van der Waals surface area contributed by atoms with Crippen LogP contribution in [0.2, 0.25) is 0 Å². The monoisotopic (exact) mass is 535 g/mol. The van der Waals surface area contributed by atoms with Crippen LogP contribution < -0.4 is 16.0 Å². The van der Waals surface area contributed by atoms with E-state index >= 15 is 0 Å². The molecule has 5 amide bonds. The number of carboxylic acid groups (broad SMARTS) is 2. The SMILES string of the molecule is CCN(CCNC(=O)N[C@@H](C(=O)N[C@@H]1C(=O)N2[C@@H]1SC(C)(C)[C@@H]2C(=O)O)c1ccccc1)C(=O)C(=O)O. The lowest BCUT2D eigenvalue weighted by Crippen LogP contribution is -2.71. The van der Waals surface area contributed by atoms with Crippen LogP contribution in [0.25, 0.3) is 0 Å². The molecule has 0 unspecified atom stereocenters. The zero-order chi connectivity index (χ0) is 27.5. The van der Waals surface area contributed by atoms with Crippen LogP contribution in [0, 0.1) is 0 Å². The van der Waals surface area contributed by atoms with Crippen LogP contribution >= 0.6 is 11.8 Å². The summed E-state index contributed by atoms with van der Waals surface area (Å²) in [6, 6.07) is 4.44. The quantitative estimate of drug-likeness (QED) is 0.207. The molecule has 2 heterocycles. The number of carbonyl (C=O) groups excluding carboxylic acids is 4. The first-order chi connectivity index (χ1) is 17.4. The Morgan fingerprint density at radius 2 is 1.78 bits per heavy atom. The maximum absolute atomic E-state index is 13.2. The maximum atomic E-state index is 13.2. The molecule has 0 aromatic heterocycles. The molecule has 0 radical (unpaired) electrons. The van der Waals surface area contributed by atoms with E-state index in [1.807, 2.05) is 0 Å². The number of fused-ring (bicyclic) bond motifs is 1. The molecule has 37 heavy (non-hydrogen) atoms. The van der Waals surface area contributed by atoms with E-state index in [0.717, 1.165) is 4.90 Å². The number of carboxylic acids is 2. The van der Waals surface area contributed by atoms with E-state index in [1.165, 1.54) is 16.7 Å². The van der Waals surface area contributed by atoms with E-state index in [0.29, 0.717) is 5.56 Å². The van der Waals surface area contributed by atoms with E-state index in [4.69, 9.17) is 5.11 Å². The highest BCUT2D eigenvalue weighted by Crippen LogP contribution is 2.50. The first-order valence-electron chi connectivity index (χ1n) is 11.5. The Labute approximate surface area is 216 Å². The van der Waals surface area contributed by atoms with E-state index in [-0.39, 0.29) is 19.6 Å². The van der Waals surface area contributed by atoms with E-state index < -0.39 is 63.9 Å². The van der Waals surface area contributed by atoms with Crippen molar-refractivity contribution in [1.82, 2.24) is 25.8 Å². The van der Waals surface area contributed by atoms with Gasteiger partial charge in [0.25, 0.3) is 0 Å². The summed E-state index contributed by atoms with van der Waals surface area (Å²) < 4.78 is -0.753. The molecule has 2 aliphatic heterocycles. The Morgan fingerprint density at radius 1 is 1.14 bits per heavy atom. The number of aliphatic carboxylic acids is 2. The van der Waals surface area contributed by atoms with Crippen LogP contribution in [0.5, 0.6) is 0 Å². The van der Waals surface area contributed by atoms with Crippen LogP contribution in [-0.2, 0) is 24.0 Å². The number of benzene rings is 1. The molecular weight excluding hydrogens is 506 g/mol. The van der Waals surface area contributed by atoms with Gasteiger partial charge < -0.3 is 36.0 Å². The number of nitrogens with zero attached hydrogens (tertiary/aromatic N) is 2. The molecule has 0 aliphatic carbocycles. The molecule has 5 N–H and O–H groups in total. The largest absolute Gasteiger partial charge is 0.480 e. The third-order valence-electron chi connectivity index (χ3n) is 6.16. The molecule has 2 aliphatic rings. The predicted octanol–water partition coefficient (Wildman–Crippen LogP) is -0.408. The molecule has 0 saturated carbocycles. The van der Waals surface area contributed by atoms with Crippen molar-refractivity contribution in [3.8, 4) is 0 Å². The first kappa shape index (κ1) is 27.8. The molecule has 1 aromatic rings. The summed E-state index contributed by atoms with van der Waals surface area (Å²) in [7, 11) is 0. The highest BCUT2D eigenvalue weighted by atomic mass is 32.2. The third kappa shape index (κ3) is 5.79. The topological polar surface area (TPSA) is 185 Å². The second-order valence-corrected chi connectivity index (χ2v) is 10.8. The second-order valence-electron chi connectivity index (χ2n) is 9.02. The molecule has 0 bridgehead atoms. The molecule has 13 nitrogen and oxygen atoms in total. The van der Waals surface area contributed by atoms with Crippen molar-refractivity contribution in [2.24, 2.45) is 0 Å². The Hall–Kier alpha value is -3.81. The average molecular weight is 536 g/mol. The minimum Gasteiger partial charge on any atom is -0.480 e. The number of likely N-dealkylation sites (N-methyl/N-ethyl adjacent to an activating group) is 1. The van der Waals surface area contributed by atoms with Crippen molar-refractivity contribution in [3.63, 3.8) is 0 Å². The average Bonchev–Trinajstić information content (AvgIpc) is 3.11. The fraction of sp³-hybridized carbons (Fsp3) is 0.478. The van der Waals surface area contributed by atoms with Gasteiger partial charge in [-0.25, -0.2) is 14.4 Å². The van der Waals surface area contributed by atoms with Gasteiger partial charge >= 0.3 is 23.9 Å². The van der Waals surface area contributed by atoms with Crippen molar-refractivity contribution in [2.45, 2.75) is 49.0 Å². The summed E-state index contributed by atoms with van der Waals surface area (Å²) in [5, 5.41) is 25.5. The molecule has 14 heteroatoms. The number of carbonyl (C=O) groups is 6. The van der Waals surface area contributed by atoms with Crippen molar-refractivity contribution in [3.05, 3.63) is 35.9 Å². The number of β-lactam (4-membered cyclic amide) rings is 1. The number of urea groups is 1. The van der Waals surface area contributed by atoms with Gasteiger partial charge in [0.2, 0.25) is 11.8 Å². The van der Waals surface area contributed by atoms with E-state index in [9.17, 15) is 33.9 Å². The van der Waals surface area contributed by atoms with Crippen LogP contribution in [-0.4, -0.2) is 97.5 Å². The van der Waals surface area contributed by atoms with Crippen LogP contribution in [0.15, 0.2) is 30.3 Å². The minimum atomic E-state index is -1.60. The van der Waals surface area contributed by atoms with Gasteiger partial charge in [0.05, 0.1) is 0 Å². The Kier molecular flexibility index (Phi) is 8.31. The molecule has 2 fully saturated rings. The van der Waals surface area contributed by atoms with E-state index in [2.05, 4.69) is 16.0 Å². The normalized spacial score (nSPS) is 22.2. The lowest BCUT2D eigenvalue weighted by Gasteiger charge is -2.44. The first-order valence-corrected chi connectivity index (χ1v) is 12.4. The van der Waals surface area contributed by atoms with Crippen molar-refractivity contribution in [2.75, 3.05) is 19.6 Å². The Bertz CT molecular complexity index is 1100. The van der Waals surface area contributed by atoms with Gasteiger partial charge in [-0.05, 0) is 26.3 Å². The number of amides is 5. The highest BCUT2D eigenvalue weighted by Gasteiger charge is 2.64. The van der Waals surface area contributed by atoms with Gasteiger partial charge in [-0.3, -0.25) is 14.4 Å². The Morgan fingerprint density at radius 3 is 2.35 bits per heavy atom. The summed E-state index contributed by atoms with van der Waals surface area (Å²) in [5.74, 6) is -4.99. The smallest absolute Gasteiger partial charge is 0.394 e. The number of hydrogen-bond donors (Lipinski definition) is 5. The molecule has 4 atom stereocenters. The molecule has 3 rings (SSSR count). The van der Waals surface area contributed by atoms with Crippen LogP contribution in [0.4, 0.5) is 4.79 Å². The van der Waals surface area contributed by atoms with Gasteiger partial charge in [-0.15, -0.1) is 11.8 Å². The van der Waals surface area contributed by atoms with Crippen LogP contribution in [0.1, 0.15) is 32.4 Å².